The number of hydrogen-bond acceptors (Lipinski definition) is 16. The lowest BCUT2D eigenvalue weighted by Crippen LogP contribution is -2.58. The van der Waals surface area contributed by atoms with Gasteiger partial charge in [-0.25, -0.2) is 4.79 Å². The summed E-state index contributed by atoms with van der Waals surface area (Å²) >= 11 is 0. The van der Waals surface area contributed by atoms with E-state index in [1.54, 1.807) is 30.3 Å². The molecule has 1 saturated heterocycles. The van der Waals surface area contributed by atoms with E-state index < -0.39 is 94.2 Å². The van der Waals surface area contributed by atoms with Crippen molar-refractivity contribution >= 4 is 63.9 Å². The molecule has 1 fully saturated rings. The zero-order valence-corrected chi connectivity index (χ0v) is 39.6. The number of nitro groups is 2. The number of amides is 5. The van der Waals surface area contributed by atoms with Crippen molar-refractivity contribution in [3.05, 3.63) is 144 Å². The van der Waals surface area contributed by atoms with E-state index in [1.807, 2.05) is 44.2 Å². The lowest BCUT2D eigenvalue weighted by Gasteiger charge is -2.31. The summed E-state index contributed by atoms with van der Waals surface area (Å²) in [6.45, 7) is 3.26. The molecule has 378 valence electrons. The number of anilines is 1. The highest BCUT2D eigenvalue weighted by atomic mass is 16.6. The van der Waals surface area contributed by atoms with Crippen LogP contribution in [0.1, 0.15) is 49.8 Å². The van der Waals surface area contributed by atoms with Crippen LogP contribution in [0.15, 0.2) is 106 Å². The number of imide groups is 1. The molecular formula is C50H54N8O14. The van der Waals surface area contributed by atoms with Crippen molar-refractivity contribution in [2.75, 3.05) is 32.1 Å². The third kappa shape index (κ3) is 14.3. The van der Waals surface area contributed by atoms with Gasteiger partial charge in [-0.3, -0.25) is 49.1 Å². The molecule has 6 rings (SSSR count). The number of carbonyl (C=O) groups is 6. The maximum atomic E-state index is 15.1. The molecule has 22 nitrogen and oxygen atoms in total. The first-order valence-corrected chi connectivity index (χ1v) is 23.0. The van der Waals surface area contributed by atoms with Crippen molar-refractivity contribution < 1.29 is 52.5 Å². The van der Waals surface area contributed by atoms with Gasteiger partial charge >= 0.3 is 5.63 Å². The number of nitrogens with zero attached hydrogens (tertiary/aromatic N) is 3. The maximum Gasteiger partial charge on any atom is 0.336 e. The average Bonchev–Trinajstić information content (AvgIpc) is 3.92. The predicted octanol–water partition coefficient (Wildman–Crippen LogP) is 3.90. The molecule has 1 aliphatic rings. The fourth-order valence-electron chi connectivity index (χ4n) is 8.04. The first kappa shape index (κ1) is 52.8. The number of fused-ring (bicyclic) bond motifs is 1. The van der Waals surface area contributed by atoms with Crippen LogP contribution >= 0.6 is 0 Å². The minimum absolute atomic E-state index is 0.0369. The Bertz CT molecular complexity index is 2850. The largest absolute Gasteiger partial charge is 0.497 e. The molecule has 4 atom stereocenters. The number of rotatable bonds is 24. The van der Waals surface area contributed by atoms with Gasteiger partial charge in [-0.15, -0.1) is 0 Å². The molecule has 0 saturated carbocycles. The molecular weight excluding hydrogens is 937 g/mol. The molecule has 1 aromatic heterocycles. The second-order valence-corrected chi connectivity index (χ2v) is 17.3. The molecule has 0 unspecified atom stereocenters. The van der Waals surface area contributed by atoms with E-state index in [9.17, 15) is 49.0 Å². The van der Waals surface area contributed by atoms with E-state index in [0.29, 0.717) is 41.0 Å². The monoisotopic (exact) mass is 990 g/mol. The number of methoxy groups -OCH3 is 1. The van der Waals surface area contributed by atoms with Crippen LogP contribution in [0.4, 0.5) is 17.1 Å². The van der Waals surface area contributed by atoms with E-state index in [0.717, 1.165) is 30.2 Å². The molecule has 2 heterocycles. The molecule has 5 amide bonds. The van der Waals surface area contributed by atoms with Crippen LogP contribution in [0, 0.1) is 26.1 Å². The molecule has 5 aromatic rings. The van der Waals surface area contributed by atoms with E-state index in [-0.39, 0.29) is 59.8 Å². The minimum Gasteiger partial charge on any atom is -0.497 e. The van der Waals surface area contributed by atoms with Crippen molar-refractivity contribution in [3.8, 4) is 11.5 Å². The summed E-state index contributed by atoms with van der Waals surface area (Å²) in [4.78, 5) is 119. The van der Waals surface area contributed by atoms with Crippen molar-refractivity contribution in [1.82, 2.24) is 26.2 Å². The fourth-order valence-corrected chi connectivity index (χ4v) is 8.04. The van der Waals surface area contributed by atoms with Gasteiger partial charge in [0, 0.05) is 36.6 Å². The van der Waals surface area contributed by atoms with Gasteiger partial charge in [-0.1, -0.05) is 56.3 Å². The summed E-state index contributed by atoms with van der Waals surface area (Å²) in [5.74, 6) is -3.37. The Morgan fingerprint density at radius 3 is 2.28 bits per heavy atom. The van der Waals surface area contributed by atoms with E-state index in [2.05, 4.69) is 26.6 Å². The number of hydrogen-bond donors (Lipinski definition) is 5. The Labute approximate surface area is 412 Å². The highest BCUT2D eigenvalue weighted by molar-refractivity contribution is 6.03. The minimum atomic E-state index is -1.77. The summed E-state index contributed by atoms with van der Waals surface area (Å²) in [6.07, 6.45) is 0.859. The maximum absolute atomic E-state index is 15.1. The first-order valence-electron chi connectivity index (χ1n) is 23.0. The van der Waals surface area contributed by atoms with Crippen LogP contribution in [0.5, 0.6) is 11.5 Å². The summed E-state index contributed by atoms with van der Waals surface area (Å²) in [7, 11) is 1.39. The SMILES string of the molecule is COc1ccc2c(CC(=O)N(C(=O)[C@H](Cc3ccc(OCc4ccccc4)cc3)NC(=O)CNC(=O)[C@H](CC(C)C)NC(=O)[C@@H]3CCCN3)[C@H](C=O)CNc3ccc([N+](=O)[O-])cc3[N+](=O)[O-])cc(=O)oc2c1. The predicted molar refractivity (Wildman–Crippen MR) is 261 cm³/mol. The van der Waals surface area contributed by atoms with Gasteiger partial charge in [0.15, 0.2) is 0 Å². The van der Waals surface area contributed by atoms with Gasteiger partial charge in [0.25, 0.3) is 17.3 Å². The number of aldehydes is 1. The van der Waals surface area contributed by atoms with Gasteiger partial charge in [-0.05, 0) is 78.7 Å². The summed E-state index contributed by atoms with van der Waals surface area (Å²) in [5.41, 5.74) is -1.03. The molecule has 22 heteroatoms. The molecule has 0 bridgehead atoms. The Morgan fingerprint density at radius 2 is 1.62 bits per heavy atom. The quantitative estimate of drug-likeness (QED) is 0.0253. The highest BCUT2D eigenvalue weighted by Gasteiger charge is 2.37. The number of nitrogens with one attached hydrogen (secondary N) is 5. The lowest BCUT2D eigenvalue weighted by atomic mass is 10.0. The lowest BCUT2D eigenvalue weighted by molar-refractivity contribution is -0.393. The summed E-state index contributed by atoms with van der Waals surface area (Å²) < 4.78 is 16.5. The van der Waals surface area contributed by atoms with Gasteiger partial charge in [0.1, 0.15) is 53.8 Å². The Kier molecular flexibility index (Phi) is 18.2. The second-order valence-electron chi connectivity index (χ2n) is 17.3. The van der Waals surface area contributed by atoms with Gasteiger partial charge < -0.3 is 45.3 Å². The summed E-state index contributed by atoms with van der Waals surface area (Å²) in [5, 5.41) is 37.4. The van der Waals surface area contributed by atoms with Crippen LogP contribution < -0.4 is 41.7 Å². The number of benzene rings is 4. The van der Waals surface area contributed by atoms with Crippen LogP contribution in [-0.2, 0) is 48.2 Å². The zero-order chi connectivity index (χ0) is 51.9. The molecule has 72 heavy (non-hydrogen) atoms. The molecule has 0 spiro atoms. The topological polar surface area (TPSA) is 301 Å². The normalized spacial score (nSPS) is 14.3. The number of non-ortho nitro benzene ring substituents is 1. The van der Waals surface area contributed by atoms with Gasteiger partial charge in [0.05, 0.1) is 42.0 Å². The van der Waals surface area contributed by atoms with Crippen molar-refractivity contribution in [2.45, 2.75) is 76.7 Å². The van der Waals surface area contributed by atoms with E-state index in [4.69, 9.17) is 13.9 Å². The average molecular weight is 991 g/mol. The number of carbonyl (C=O) groups excluding carboxylic acids is 6. The van der Waals surface area contributed by atoms with E-state index in [1.165, 1.54) is 19.2 Å². The van der Waals surface area contributed by atoms with Gasteiger partial charge in [-0.2, -0.15) is 0 Å². The first-order chi connectivity index (χ1) is 34.5. The Hall–Kier alpha value is -8.53. The third-order valence-corrected chi connectivity index (χ3v) is 11.6. The molecule has 4 aromatic carbocycles. The standard InChI is InChI=1S/C50H54N8O14/c1-30(2)20-41(55-49(64)40-10-7-19-51-40)48(63)53-27-45(60)54-42(21-31-11-14-36(15-12-31)71-29-32-8-5-4-6-9-32)50(65)56(35(28-59)26-52-39-18-13-34(57(66)67)24-43(39)58(68)69)46(61)22-33-23-47(62)72-44-25-37(70-3)16-17-38(33)44/h4-6,8-9,11-18,23-25,28,30,35,40-42,51-52H,7,10,19-22,26-27,29H2,1-3H3,(H,53,63)(H,54,60)(H,55,64)/t35-,40-,41-,42-/m0/s1. The second kappa shape index (κ2) is 24.8. The van der Waals surface area contributed by atoms with Crippen molar-refractivity contribution in [1.29, 1.82) is 0 Å². The molecule has 0 radical (unpaired) electrons. The summed E-state index contributed by atoms with van der Waals surface area (Å²) in [6, 6.07) is 19.2. The van der Waals surface area contributed by atoms with Gasteiger partial charge in [0.2, 0.25) is 23.6 Å². The van der Waals surface area contributed by atoms with Crippen LogP contribution in [0.3, 0.4) is 0 Å². The zero-order valence-electron chi connectivity index (χ0n) is 39.6. The van der Waals surface area contributed by atoms with Crippen molar-refractivity contribution in [3.63, 3.8) is 0 Å². The number of nitro benzene ring substituents is 2. The smallest absolute Gasteiger partial charge is 0.336 e. The fraction of sp³-hybridized carbons (Fsp3) is 0.340. The number of ether oxygens (including phenoxy) is 2. The van der Waals surface area contributed by atoms with Crippen LogP contribution in [0.2, 0.25) is 0 Å². The third-order valence-electron chi connectivity index (χ3n) is 11.6. The van der Waals surface area contributed by atoms with Crippen LogP contribution in [-0.4, -0.2) is 101 Å². The van der Waals surface area contributed by atoms with Crippen molar-refractivity contribution in [2.24, 2.45) is 5.92 Å². The Balaban J connectivity index is 1.33. The van der Waals surface area contributed by atoms with Crippen LogP contribution in [0.25, 0.3) is 11.0 Å². The molecule has 1 aliphatic heterocycles. The highest BCUT2D eigenvalue weighted by Crippen LogP contribution is 2.30. The molecule has 5 N–H and O–H groups in total. The Morgan fingerprint density at radius 1 is 0.889 bits per heavy atom. The van der Waals surface area contributed by atoms with E-state index >= 15 is 4.79 Å². The molecule has 0 aliphatic carbocycles.